The summed E-state index contributed by atoms with van der Waals surface area (Å²) in [6.45, 7) is 1.36. The zero-order chi connectivity index (χ0) is 13.0. The third-order valence-corrected chi connectivity index (χ3v) is 4.60. The molecule has 1 aliphatic rings. The van der Waals surface area contributed by atoms with Gasteiger partial charge in [0.15, 0.2) is 9.84 Å². The van der Waals surface area contributed by atoms with Crippen molar-refractivity contribution in [1.29, 1.82) is 0 Å². The van der Waals surface area contributed by atoms with Crippen LogP contribution >= 0.6 is 0 Å². The normalized spacial score (nSPS) is 15.8. The highest BCUT2D eigenvalue weighted by Crippen LogP contribution is 2.12. The Labute approximate surface area is 106 Å². The number of hydrogen-bond donors (Lipinski definition) is 0. The minimum absolute atomic E-state index is 0.0425. The zero-order valence-corrected chi connectivity index (χ0v) is 10.7. The molecule has 1 heterocycles. The van der Waals surface area contributed by atoms with Crippen molar-refractivity contribution in [3.8, 4) is 0 Å². The second kappa shape index (κ2) is 5.39. The highest BCUT2D eigenvalue weighted by atomic mass is 32.2. The van der Waals surface area contributed by atoms with E-state index in [9.17, 15) is 13.2 Å². The fourth-order valence-corrected chi connectivity index (χ4v) is 3.14. The van der Waals surface area contributed by atoms with Gasteiger partial charge in [-0.3, -0.25) is 0 Å². The lowest BCUT2D eigenvalue weighted by Gasteiger charge is -2.12. The summed E-state index contributed by atoms with van der Waals surface area (Å²) in [4.78, 5) is 13.0. The summed E-state index contributed by atoms with van der Waals surface area (Å²) >= 11 is 0. The number of cyclic esters (lactones) is 1. The first-order valence-corrected chi connectivity index (χ1v) is 7.44. The van der Waals surface area contributed by atoms with Gasteiger partial charge in [0.1, 0.15) is 6.61 Å². The quantitative estimate of drug-likeness (QED) is 0.808. The Morgan fingerprint density at radius 2 is 1.94 bits per heavy atom. The van der Waals surface area contributed by atoms with Crippen molar-refractivity contribution in [2.24, 2.45) is 0 Å². The summed E-state index contributed by atoms with van der Waals surface area (Å²) < 4.78 is 28.7. The molecule has 0 spiro atoms. The van der Waals surface area contributed by atoms with Crippen LogP contribution in [-0.4, -0.2) is 44.9 Å². The van der Waals surface area contributed by atoms with Gasteiger partial charge in [-0.2, -0.15) is 0 Å². The molecule has 18 heavy (non-hydrogen) atoms. The lowest BCUT2D eigenvalue weighted by Crippen LogP contribution is -2.26. The van der Waals surface area contributed by atoms with E-state index in [0.717, 1.165) is 0 Å². The monoisotopic (exact) mass is 269 g/mol. The van der Waals surface area contributed by atoms with Crippen LogP contribution in [0.4, 0.5) is 4.79 Å². The molecule has 0 atom stereocenters. The number of hydrogen-bond acceptors (Lipinski definition) is 4. The Morgan fingerprint density at radius 1 is 1.22 bits per heavy atom. The number of carbonyl (C=O) groups is 1. The minimum atomic E-state index is -3.25. The molecule has 0 saturated carbocycles. The van der Waals surface area contributed by atoms with Crippen molar-refractivity contribution < 1.29 is 17.9 Å². The van der Waals surface area contributed by atoms with Crippen LogP contribution in [0, 0.1) is 0 Å². The van der Waals surface area contributed by atoms with Gasteiger partial charge in [-0.25, -0.2) is 13.2 Å². The van der Waals surface area contributed by atoms with Crippen LogP contribution in [0.25, 0.3) is 0 Å². The Morgan fingerprint density at radius 3 is 2.56 bits per heavy atom. The number of sulfone groups is 1. The highest BCUT2D eigenvalue weighted by Gasteiger charge is 2.22. The van der Waals surface area contributed by atoms with Gasteiger partial charge >= 0.3 is 6.09 Å². The Balaban J connectivity index is 1.88. The predicted octanol–water partition coefficient (Wildman–Crippen LogP) is 1.30. The maximum atomic E-state index is 12.0. The van der Waals surface area contributed by atoms with Gasteiger partial charge in [-0.05, 0) is 18.6 Å². The first-order chi connectivity index (χ1) is 8.59. The van der Waals surface area contributed by atoms with Crippen LogP contribution in [0.1, 0.15) is 6.42 Å². The lowest BCUT2D eigenvalue weighted by molar-refractivity contribution is 0.158. The Bertz CT molecular complexity index is 512. The molecule has 6 heteroatoms. The van der Waals surface area contributed by atoms with E-state index in [1.807, 2.05) is 0 Å². The van der Waals surface area contributed by atoms with Crippen LogP contribution in [0.3, 0.4) is 0 Å². The summed E-state index contributed by atoms with van der Waals surface area (Å²) in [7, 11) is -3.25. The molecular formula is C12H15NO4S. The molecule has 5 nitrogen and oxygen atoms in total. The Hall–Kier alpha value is -1.56. The van der Waals surface area contributed by atoms with E-state index in [2.05, 4.69) is 0 Å². The van der Waals surface area contributed by atoms with Crippen LogP contribution in [0.5, 0.6) is 0 Å². The van der Waals surface area contributed by atoms with Gasteiger partial charge in [0.2, 0.25) is 0 Å². The first kappa shape index (κ1) is 12.9. The third kappa shape index (κ3) is 3.01. The average Bonchev–Trinajstić information content (AvgIpc) is 2.76. The number of benzene rings is 1. The molecule has 1 aromatic carbocycles. The fraction of sp³-hybridized carbons (Fsp3) is 0.417. The molecule has 1 aromatic rings. The minimum Gasteiger partial charge on any atom is -0.448 e. The van der Waals surface area contributed by atoms with Crippen molar-refractivity contribution >= 4 is 15.9 Å². The summed E-state index contributed by atoms with van der Waals surface area (Å²) in [5.74, 6) is 0.0425. The molecule has 1 saturated heterocycles. The highest BCUT2D eigenvalue weighted by molar-refractivity contribution is 7.91. The van der Waals surface area contributed by atoms with Crippen molar-refractivity contribution in [2.45, 2.75) is 11.3 Å². The van der Waals surface area contributed by atoms with Crippen molar-refractivity contribution in [1.82, 2.24) is 4.90 Å². The van der Waals surface area contributed by atoms with E-state index < -0.39 is 9.84 Å². The van der Waals surface area contributed by atoms with E-state index in [-0.39, 0.29) is 11.8 Å². The van der Waals surface area contributed by atoms with Crippen LogP contribution in [-0.2, 0) is 14.6 Å². The van der Waals surface area contributed by atoms with Gasteiger partial charge < -0.3 is 9.64 Å². The molecule has 0 radical (unpaired) electrons. The maximum absolute atomic E-state index is 12.0. The molecule has 1 amide bonds. The SMILES string of the molecule is O=C1OCCN1CCCS(=O)(=O)c1ccccc1. The zero-order valence-electron chi connectivity index (χ0n) is 9.91. The van der Waals surface area contributed by atoms with Gasteiger partial charge in [0.25, 0.3) is 0 Å². The van der Waals surface area contributed by atoms with Crippen LogP contribution < -0.4 is 0 Å². The second-order valence-corrected chi connectivity index (χ2v) is 6.20. The summed E-state index contributed by atoms with van der Waals surface area (Å²) in [5, 5.41) is 0. The largest absolute Gasteiger partial charge is 0.448 e. The summed E-state index contributed by atoms with van der Waals surface area (Å²) in [6, 6.07) is 8.34. The lowest BCUT2D eigenvalue weighted by atomic mass is 10.4. The van der Waals surface area contributed by atoms with Gasteiger partial charge in [0, 0.05) is 6.54 Å². The van der Waals surface area contributed by atoms with E-state index in [4.69, 9.17) is 4.74 Å². The van der Waals surface area contributed by atoms with E-state index >= 15 is 0 Å². The number of amides is 1. The number of carbonyl (C=O) groups excluding carboxylic acids is 1. The maximum Gasteiger partial charge on any atom is 0.409 e. The van der Waals surface area contributed by atoms with Crippen LogP contribution in [0.15, 0.2) is 35.2 Å². The van der Waals surface area contributed by atoms with Gasteiger partial charge in [0.05, 0.1) is 17.2 Å². The molecule has 0 aromatic heterocycles. The van der Waals surface area contributed by atoms with E-state index in [0.29, 0.717) is 31.0 Å². The molecule has 1 fully saturated rings. The standard InChI is InChI=1S/C12H15NO4S/c14-12-13(8-9-17-12)7-4-10-18(15,16)11-5-2-1-3-6-11/h1-3,5-6H,4,7-10H2. The predicted molar refractivity (Wildman–Crippen MR) is 66.0 cm³/mol. The molecule has 1 aliphatic heterocycles. The van der Waals surface area contributed by atoms with E-state index in [1.54, 1.807) is 30.3 Å². The fourth-order valence-electron chi connectivity index (χ4n) is 1.82. The molecule has 2 rings (SSSR count). The van der Waals surface area contributed by atoms with Crippen molar-refractivity contribution in [3.63, 3.8) is 0 Å². The summed E-state index contributed by atoms with van der Waals surface area (Å²) in [5.41, 5.74) is 0. The molecule has 0 N–H and O–H groups in total. The molecule has 0 unspecified atom stereocenters. The molecule has 0 bridgehead atoms. The number of rotatable bonds is 5. The van der Waals surface area contributed by atoms with Gasteiger partial charge in [-0.15, -0.1) is 0 Å². The Kier molecular flexibility index (Phi) is 3.86. The summed E-state index contributed by atoms with van der Waals surface area (Å²) in [6.07, 6.45) is 0.0684. The van der Waals surface area contributed by atoms with E-state index in [1.165, 1.54) is 4.90 Å². The smallest absolute Gasteiger partial charge is 0.409 e. The molecule has 98 valence electrons. The van der Waals surface area contributed by atoms with Crippen molar-refractivity contribution in [2.75, 3.05) is 25.4 Å². The van der Waals surface area contributed by atoms with Crippen LogP contribution in [0.2, 0.25) is 0 Å². The molecular weight excluding hydrogens is 254 g/mol. The van der Waals surface area contributed by atoms with Crippen molar-refractivity contribution in [3.05, 3.63) is 30.3 Å². The topological polar surface area (TPSA) is 63.7 Å². The van der Waals surface area contributed by atoms with Gasteiger partial charge in [-0.1, -0.05) is 18.2 Å². The number of nitrogens with zero attached hydrogens (tertiary/aromatic N) is 1. The first-order valence-electron chi connectivity index (χ1n) is 5.79. The third-order valence-electron chi connectivity index (χ3n) is 2.79. The second-order valence-electron chi connectivity index (χ2n) is 4.09. The number of ether oxygens (including phenoxy) is 1. The average molecular weight is 269 g/mol. The molecule has 0 aliphatic carbocycles.